The Morgan fingerprint density at radius 2 is 2.24 bits per heavy atom. The predicted molar refractivity (Wildman–Crippen MR) is 81.0 cm³/mol. The number of hydrogen-bond donors (Lipinski definition) is 1. The Morgan fingerprint density at radius 1 is 1.43 bits per heavy atom. The van der Waals surface area contributed by atoms with Crippen LogP contribution in [0.15, 0.2) is 11.6 Å². The van der Waals surface area contributed by atoms with Crippen molar-refractivity contribution in [3.63, 3.8) is 0 Å². The Kier molecular flexibility index (Phi) is 4.65. The molecule has 0 bridgehead atoms. The molecular weight excluding hydrogens is 266 g/mol. The molecule has 3 rings (SSSR count). The highest BCUT2D eigenvalue weighted by Gasteiger charge is 2.56. The summed E-state index contributed by atoms with van der Waals surface area (Å²) in [4.78, 5) is 12.4. The van der Waals surface area contributed by atoms with Crippen LogP contribution in [0.25, 0.3) is 0 Å². The summed E-state index contributed by atoms with van der Waals surface area (Å²) in [6.45, 7) is 4.38. The summed E-state index contributed by atoms with van der Waals surface area (Å²) in [7, 11) is 0. The van der Waals surface area contributed by atoms with Crippen LogP contribution in [0.4, 0.5) is 0 Å². The number of carbonyl (C=O) groups is 1. The third-order valence-corrected chi connectivity index (χ3v) is 5.46. The van der Waals surface area contributed by atoms with Crippen LogP contribution in [-0.4, -0.2) is 37.9 Å². The molecule has 1 amide bonds. The Balaban J connectivity index is 1.64. The van der Waals surface area contributed by atoms with Gasteiger partial charge in [-0.2, -0.15) is 0 Å². The van der Waals surface area contributed by atoms with Crippen molar-refractivity contribution in [1.82, 2.24) is 5.32 Å². The molecule has 2 atom stereocenters. The molecular formula is C17H27NO3. The second-order valence-electron chi connectivity index (χ2n) is 6.53. The first-order valence-corrected chi connectivity index (χ1v) is 8.45. The SMILES string of the molecule is CCO[C@H]1C[C@H](NC(=O)C2=CCCCC2)C12CCOCC2. The quantitative estimate of drug-likeness (QED) is 0.866. The van der Waals surface area contributed by atoms with Crippen LogP contribution in [0.2, 0.25) is 0 Å². The largest absolute Gasteiger partial charge is 0.381 e. The lowest BCUT2D eigenvalue weighted by Gasteiger charge is -2.57. The van der Waals surface area contributed by atoms with Crippen LogP contribution in [0.3, 0.4) is 0 Å². The minimum absolute atomic E-state index is 0.110. The highest BCUT2D eigenvalue weighted by atomic mass is 16.5. The zero-order valence-electron chi connectivity index (χ0n) is 13.0. The fourth-order valence-electron chi connectivity index (χ4n) is 4.10. The van der Waals surface area contributed by atoms with Crippen molar-refractivity contribution in [3.05, 3.63) is 11.6 Å². The highest BCUT2D eigenvalue weighted by Crippen LogP contribution is 2.50. The summed E-state index contributed by atoms with van der Waals surface area (Å²) in [6, 6.07) is 0.258. The minimum atomic E-state index is 0.110. The van der Waals surface area contributed by atoms with E-state index in [0.29, 0.717) is 0 Å². The van der Waals surface area contributed by atoms with E-state index >= 15 is 0 Å². The number of ether oxygens (including phenoxy) is 2. The monoisotopic (exact) mass is 293 g/mol. The van der Waals surface area contributed by atoms with Crippen molar-refractivity contribution in [2.75, 3.05) is 19.8 Å². The van der Waals surface area contributed by atoms with Crippen molar-refractivity contribution >= 4 is 5.91 Å². The minimum Gasteiger partial charge on any atom is -0.381 e. The first kappa shape index (κ1) is 15.0. The molecule has 4 nitrogen and oxygen atoms in total. The Labute approximate surface area is 127 Å². The summed E-state index contributed by atoms with van der Waals surface area (Å²) in [5.74, 6) is 0.153. The lowest BCUT2D eigenvalue weighted by atomic mass is 9.57. The van der Waals surface area contributed by atoms with Crippen molar-refractivity contribution in [3.8, 4) is 0 Å². The molecule has 118 valence electrons. The summed E-state index contributed by atoms with van der Waals surface area (Å²) < 4.78 is 11.4. The lowest BCUT2D eigenvalue weighted by Crippen LogP contribution is -2.66. The van der Waals surface area contributed by atoms with Crippen molar-refractivity contribution in [2.24, 2.45) is 5.41 Å². The lowest BCUT2D eigenvalue weighted by molar-refractivity contribution is -0.175. The first-order chi connectivity index (χ1) is 10.3. The molecule has 2 aliphatic carbocycles. The van der Waals surface area contributed by atoms with Gasteiger partial charge in [0.25, 0.3) is 0 Å². The molecule has 1 spiro atoms. The maximum atomic E-state index is 12.4. The molecule has 3 aliphatic rings. The van der Waals surface area contributed by atoms with Gasteiger partial charge in [-0.1, -0.05) is 6.08 Å². The fraction of sp³-hybridized carbons (Fsp3) is 0.824. The Hall–Kier alpha value is -0.870. The van der Waals surface area contributed by atoms with Gasteiger partial charge in [0.15, 0.2) is 0 Å². The molecule has 1 saturated carbocycles. The van der Waals surface area contributed by atoms with Gasteiger partial charge >= 0.3 is 0 Å². The van der Waals surface area contributed by atoms with Crippen molar-refractivity contribution < 1.29 is 14.3 Å². The maximum Gasteiger partial charge on any atom is 0.247 e. The molecule has 1 heterocycles. The zero-order valence-corrected chi connectivity index (χ0v) is 13.0. The van der Waals surface area contributed by atoms with E-state index in [9.17, 15) is 4.79 Å². The molecule has 21 heavy (non-hydrogen) atoms. The number of carbonyl (C=O) groups excluding carboxylic acids is 1. The highest BCUT2D eigenvalue weighted by molar-refractivity contribution is 5.93. The van der Waals surface area contributed by atoms with E-state index in [1.54, 1.807) is 0 Å². The van der Waals surface area contributed by atoms with Crippen LogP contribution in [0.1, 0.15) is 51.9 Å². The van der Waals surface area contributed by atoms with Crippen LogP contribution < -0.4 is 5.32 Å². The van der Waals surface area contributed by atoms with Gasteiger partial charge in [-0.25, -0.2) is 0 Å². The summed E-state index contributed by atoms with van der Waals surface area (Å²) >= 11 is 0. The van der Waals surface area contributed by atoms with Gasteiger partial charge in [0.05, 0.1) is 6.10 Å². The molecule has 1 aliphatic heterocycles. The van der Waals surface area contributed by atoms with Crippen molar-refractivity contribution in [2.45, 2.75) is 64.0 Å². The number of amides is 1. The van der Waals surface area contributed by atoms with Crippen LogP contribution >= 0.6 is 0 Å². The molecule has 1 N–H and O–H groups in total. The van der Waals surface area contributed by atoms with E-state index in [2.05, 4.69) is 11.4 Å². The third kappa shape index (κ3) is 2.88. The van der Waals surface area contributed by atoms with E-state index in [1.165, 1.54) is 6.42 Å². The summed E-state index contributed by atoms with van der Waals surface area (Å²) in [5, 5.41) is 3.29. The third-order valence-electron chi connectivity index (χ3n) is 5.46. The van der Waals surface area contributed by atoms with E-state index in [0.717, 1.165) is 63.9 Å². The fourth-order valence-corrected chi connectivity index (χ4v) is 4.10. The second-order valence-corrected chi connectivity index (χ2v) is 6.53. The maximum absolute atomic E-state index is 12.4. The number of rotatable bonds is 4. The average Bonchev–Trinajstić information content (AvgIpc) is 2.55. The standard InChI is InChI=1S/C17H27NO3/c1-2-21-15-12-14(17(15)8-10-20-11-9-17)18-16(19)13-6-4-3-5-7-13/h6,14-15H,2-5,7-12H2,1H3,(H,18,19)/t14-,15-/m0/s1. The van der Waals surface area contributed by atoms with E-state index in [-0.39, 0.29) is 23.5 Å². The van der Waals surface area contributed by atoms with Gasteiger partial charge in [0.2, 0.25) is 5.91 Å². The normalized spacial score (nSPS) is 31.4. The Bertz CT molecular complexity index is 412. The zero-order chi connectivity index (χ0) is 14.7. The molecule has 0 unspecified atom stereocenters. The topological polar surface area (TPSA) is 47.6 Å². The summed E-state index contributed by atoms with van der Waals surface area (Å²) in [6.07, 6.45) is 9.71. The van der Waals surface area contributed by atoms with Gasteiger partial charge in [0.1, 0.15) is 0 Å². The second kappa shape index (κ2) is 6.49. The van der Waals surface area contributed by atoms with Crippen LogP contribution in [0.5, 0.6) is 0 Å². The van der Waals surface area contributed by atoms with Crippen molar-refractivity contribution in [1.29, 1.82) is 0 Å². The molecule has 2 fully saturated rings. The smallest absolute Gasteiger partial charge is 0.247 e. The van der Waals surface area contributed by atoms with Gasteiger partial charge in [-0.3, -0.25) is 4.79 Å². The predicted octanol–water partition coefficient (Wildman–Crippen LogP) is 2.58. The number of allylic oxidation sites excluding steroid dienone is 1. The van der Waals surface area contributed by atoms with Gasteiger partial charge < -0.3 is 14.8 Å². The molecule has 0 aromatic rings. The van der Waals surface area contributed by atoms with Crippen LogP contribution in [-0.2, 0) is 14.3 Å². The van der Waals surface area contributed by atoms with Gasteiger partial charge in [-0.05, 0) is 51.9 Å². The average molecular weight is 293 g/mol. The van der Waals surface area contributed by atoms with Crippen LogP contribution in [0, 0.1) is 5.41 Å². The van der Waals surface area contributed by atoms with E-state index in [4.69, 9.17) is 9.47 Å². The number of hydrogen-bond acceptors (Lipinski definition) is 3. The molecule has 0 radical (unpaired) electrons. The first-order valence-electron chi connectivity index (χ1n) is 8.45. The molecule has 0 aromatic carbocycles. The number of nitrogens with one attached hydrogen (secondary N) is 1. The van der Waals surface area contributed by atoms with E-state index < -0.39 is 0 Å². The molecule has 4 heteroatoms. The van der Waals surface area contributed by atoms with Gasteiger partial charge in [-0.15, -0.1) is 0 Å². The summed E-state index contributed by atoms with van der Waals surface area (Å²) in [5.41, 5.74) is 1.10. The Morgan fingerprint density at radius 3 is 2.90 bits per heavy atom. The van der Waals surface area contributed by atoms with E-state index in [1.807, 2.05) is 6.92 Å². The molecule has 1 saturated heterocycles. The van der Waals surface area contributed by atoms with Gasteiger partial charge in [0, 0.05) is 36.9 Å². The molecule has 0 aromatic heterocycles.